The number of carbonyl (C=O) groups is 1. The van der Waals surface area contributed by atoms with Crippen LogP contribution in [0.5, 0.6) is 5.88 Å². The van der Waals surface area contributed by atoms with Crippen LogP contribution in [0, 0.1) is 0 Å². The van der Waals surface area contributed by atoms with Crippen LogP contribution >= 0.6 is 0 Å². The second kappa shape index (κ2) is 9.16. The molecule has 0 radical (unpaired) electrons. The molecule has 0 atom stereocenters. The Morgan fingerprint density at radius 2 is 1.83 bits per heavy atom. The normalized spacial score (nSPS) is 10.9. The number of amides is 1. The number of hydrogen-bond acceptors (Lipinski definition) is 8. The molecular weight excluding hydrogens is 374 g/mol. The lowest BCUT2D eigenvalue weighted by atomic mass is 10.1. The summed E-state index contributed by atoms with van der Waals surface area (Å²) in [4.78, 5) is 24.3. The van der Waals surface area contributed by atoms with Crippen LogP contribution in [0.15, 0.2) is 36.4 Å². The minimum absolute atomic E-state index is 0.116. The van der Waals surface area contributed by atoms with Gasteiger partial charge in [0.15, 0.2) is 5.52 Å². The van der Waals surface area contributed by atoms with Gasteiger partial charge in [-0.3, -0.25) is 5.32 Å². The number of carbonyl (C=O) groups excluding carboxylic acids is 1. The Bertz CT molecular complexity index is 992. The van der Waals surface area contributed by atoms with Crippen molar-refractivity contribution < 1.29 is 19.0 Å². The molecular formula is C20H23N5O4. The molecule has 29 heavy (non-hydrogen) atoms. The van der Waals surface area contributed by atoms with Gasteiger partial charge in [-0.05, 0) is 38.1 Å². The molecule has 3 N–H and O–H groups in total. The highest BCUT2D eigenvalue weighted by atomic mass is 16.5. The van der Waals surface area contributed by atoms with E-state index in [0.29, 0.717) is 41.5 Å². The second-order valence-electron chi connectivity index (χ2n) is 6.41. The summed E-state index contributed by atoms with van der Waals surface area (Å²) in [6, 6.07) is 10.9. The summed E-state index contributed by atoms with van der Waals surface area (Å²) in [5, 5.41) is 2.60. The SMILES string of the molecule is COC(=O)Nc1ccc(-c2ccc3nc(N)nc(OCCOC(C)C)c3n2)cc1. The number of nitrogens with two attached hydrogens (primary N) is 1. The Balaban J connectivity index is 1.85. The second-order valence-corrected chi connectivity index (χ2v) is 6.41. The zero-order valence-electron chi connectivity index (χ0n) is 16.5. The largest absolute Gasteiger partial charge is 0.474 e. The van der Waals surface area contributed by atoms with Gasteiger partial charge in [-0.25, -0.2) is 14.8 Å². The van der Waals surface area contributed by atoms with Crippen molar-refractivity contribution in [3.63, 3.8) is 0 Å². The van der Waals surface area contributed by atoms with Crippen LogP contribution < -0.4 is 15.8 Å². The van der Waals surface area contributed by atoms with E-state index in [9.17, 15) is 4.79 Å². The molecule has 1 amide bonds. The van der Waals surface area contributed by atoms with Gasteiger partial charge in [0.1, 0.15) is 6.61 Å². The minimum atomic E-state index is -0.528. The smallest absolute Gasteiger partial charge is 0.411 e. The van der Waals surface area contributed by atoms with E-state index in [1.165, 1.54) is 7.11 Å². The lowest BCUT2D eigenvalue weighted by Crippen LogP contribution is -2.12. The lowest BCUT2D eigenvalue weighted by molar-refractivity contribution is 0.0546. The number of hydrogen-bond donors (Lipinski definition) is 2. The molecule has 0 saturated carbocycles. The number of methoxy groups -OCH3 is 1. The standard InChI is InChI=1S/C20H23N5O4/c1-12(2)28-10-11-29-18-17-16(24-19(21)25-18)9-8-15(23-17)13-4-6-14(7-5-13)22-20(26)27-3/h4-9,12H,10-11H2,1-3H3,(H,22,26)(H2,21,24,25). The number of fused-ring (bicyclic) bond motifs is 1. The summed E-state index contributed by atoms with van der Waals surface area (Å²) >= 11 is 0. The van der Waals surface area contributed by atoms with Crippen LogP contribution in [-0.4, -0.2) is 47.5 Å². The Morgan fingerprint density at radius 3 is 2.52 bits per heavy atom. The number of nitrogen functional groups attached to an aromatic ring is 1. The molecule has 0 aliphatic rings. The van der Waals surface area contributed by atoms with Crippen molar-refractivity contribution in [1.29, 1.82) is 0 Å². The third-order valence-corrected chi connectivity index (χ3v) is 3.91. The van der Waals surface area contributed by atoms with Crippen molar-refractivity contribution in [3.05, 3.63) is 36.4 Å². The van der Waals surface area contributed by atoms with Gasteiger partial charge in [0.2, 0.25) is 11.8 Å². The lowest BCUT2D eigenvalue weighted by Gasteiger charge is -2.11. The van der Waals surface area contributed by atoms with Crippen molar-refractivity contribution in [1.82, 2.24) is 15.0 Å². The van der Waals surface area contributed by atoms with E-state index in [1.807, 2.05) is 38.1 Å². The molecule has 9 nitrogen and oxygen atoms in total. The molecule has 0 aliphatic carbocycles. The van der Waals surface area contributed by atoms with Gasteiger partial charge in [-0.2, -0.15) is 4.98 Å². The maximum absolute atomic E-state index is 11.3. The van der Waals surface area contributed by atoms with E-state index < -0.39 is 6.09 Å². The highest BCUT2D eigenvalue weighted by Crippen LogP contribution is 2.26. The number of ether oxygens (including phenoxy) is 3. The van der Waals surface area contributed by atoms with Crippen molar-refractivity contribution in [2.75, 3.05) is 31.4 Å². The van der Waals surface area contributed by atoms with E-state index in [-0.39, 0.29) is 12.1 Å². The van der Waals surface area contributed by atoms with Crippen molar-refractivity contribution >= 4 is 28.8 Å². The predicted molar refractivity (Wildman–Crippen MR) is 110 cm³/mol. The molecule has 0 unspecified atom stereocenters. The fourth-order valence-corrected chi connectivity index (χ4v) is 2.58. The van der Waals surface area contributed by atoms with E-state index in [0.717, 1.165) is 5.56 Å². The Labute approximate surface area is 168 Å². The number of aromatic nitrogens is 3. The van der Waals surface area contributed by atoms with Crippen molar-refractivity contribution in [2.45, 2.75) is 20.0 Å². The molecule has 3 aromatic rings. The molecule has 0 saturated heterocycles. The van der Waals surface area contributed by atoms with Crippen LogP contribution in [0.2, 0.25) is 0 Å². The molecule has 0 aliphatic heterocycles. The number of nitrogens with one attached hydrogen (secondary N) is 1. The molecule has 2 heterocycles. The summed E-state index contributed by atoms with van der Waals surface area (Å²) in [6.45, 7) is 4.66. The van der Waals surface area contributed by atoms with Crippen LogP contribution in [0.3, 0.4) is 0 Å². The first-order chi connectivity index (χ1) is 14.0. The predicted octanol–water partition coefficient (Wildman–Crippen LogP) is 3.26. The van der Waals surface area contributed by atoms with Gasteiger partial charge in [-0.1, -0.05) is 12.1 Å². The van der Waals surface area contributed by atoms with Crippen LogP contribution in [-0.2, 0) is 9.47 Å². The quantitative estimate of drug-likeness (QED) is 0.583. The Kier molecular flexibility index (Phi) is 6.40. The van der Waals surface area contributed by atoms with E-state index in [2.05, 4.69) is 25.0 Å². The first-order valence-corrected chi connectivity index (χ1v) is 9.10. The summed E-state index contributed by atoms with van der Waals surface area (Å²) in [5.74, 6) is 0.427. The van der Waals surface area contributed by atoms with Gasteiger partial charge >= 0.3 is 6.09 Å². The summed E-state index contributed by atoms with van der Waals surface area (Å²) in [6.07, 6.45) is -0.410. The number of nitrogens with zero attached hydrogens (tertiary/aromatic N) is 3. The van der Waals surface area contributed by atoms with Gasteiger partial charge < -0.3 is 19.9 Å². The third-order valence-electron chi connectivity index (χ3n) is 3.91. The minimum Gasteiger partial charge on any atom is -0.474 e. The van der Waals surface area contributed by atoms with E-state index in [4.69, 9.17) is 15.2 Å². The monoisotopic (exact) mass is 397 g/mol. The Morgan fingerprint density at radius 1 is 1.07 bits per heavy atom. The van der Waals surface area contributed by atoms with E-state index >= 15 is 0 Å². The van der Waals surface area contributed by atoms with Crippen LogP contribution in [0.4, 0.5) is 16.4 Å². The Hall–Kier alpha value is -3.46. The van der Waals surface area contributed by atoms with E-state index in [1.54, 1.807) is 12.1 Å². The van der Waals surface area contributed by atoms with Crippen LogP contribution in [0.25, 0.3) is 22.3 Å². The molecule has 0 fully saturated rings. The molecule has 152 valence electrons. The fourth-order valence-electron chi connectivity index (χ4n) is 2.58. The molecule has 3 rings (SSSR count). The highest BCUT2D eigenvalue weighted by molar-refractivity contribution is 5.86. The maximum Gasteiger partial charge on any atom is 0.411 e. The third kappa shape index (κ3) is 5.29. The summed E-state index contributed by atoms with van der Waals surface area (Å²) < 4.78 is 15.8. The highest BCUT2D eigenvalue weighted by Gasteiger charge is 2.12. The first kappa shape index (κ1) is 20.3. The van der Waals surface area contributed by atoms with Gasteiger partial charge in [0.25, 0.3) is 0 Å². The number of rotatable bonds is 7. The fraction of sp³-hybridized carbons (Fsp3) is 0.300. The summed E-state index contributed by atoms with van der Waals surface area (Å²) in [7, 11) is 1.31. The number of anilines is 2. The summed E-state index contributed by atoms with van der Waals surface area (Å²) in [5.41, 5.74) is 9.07. The average molecular weight is 397 g/mol. The van der Waals surface area contributed by atoms with Gasteiger partial charge in [0.05, 0.1) is 31.0 Å². The van der Waals surface area contributed by atoms with Gasteiger partial charge in [-0.15, -0.1) is 0 Å². The molecule has 2 aromatic heterocycles. The van der Waals surface area contributed by atoms with Crippen LogP contribution in [0.1, 0.15) is 13.8 Å². The molecule has 9 heteroatoms. The van der Waals surface area contributed by atoms with Crippen molar-refractivity contribution in [3.8, 4) is 17.1 Å². The zero-order chi connectivity index (χ0) is 20.8. The topological polar surface area (TPSA) is 121 Å². The van der Waals surface area contributed by atoms with Gasteiger partial charge in [0, 0.05) is 11.3 Å². The number of pyridine rings is 1. The maximum atomic E-state index is 11.3. The molecule has 0 bridgehead atoms. The average Bonchev–Trinajstić information content (AvgIpc) is 2.71. The number of benzene rings is 1. The molecule has 1 aromatic carbocycles. The zero-order valence-corrected chi connectivity index (χ0v) is 16.5. The molecule has 0 spiro atoms. The van der Waals surface area contributed by atoms with Crippen molar-refractivity contribution in [2.24, 2.45) is 0 Å². The first-order valence-electron chi connectivity index (χ1n) is 9.10.